The third-order valence-electron chi connectivity index (χ3n) is 4.98. The molecule has 0 saturated carbocycles. The summed E-state index contributed by atoms with van der Waals surface area (Å²) in [7, 11) is 0. The van der Waals surface area contributed by atoms with Crippen LogP contribution in [-0.2, 0) is 43.0 Å². The van der Waals surface area contributed by atoms with Crippen molar-refractivity contribution in [2.75, 3.05) is 72.2 Å². The molecule has 0 aromatic rings. The van der Waals surface area contributed by atoms with Gasteiger partial charge in [0, 0.05) is 6.54 Å². The van der Waals surface area contributed by atoms with Gasteiger partial charge in [0.1, 0.15) is 12.6 Å². The van der Waals surface area contributed by atoms with Crippen LogP contribution in [0.5, 0.6) is 0 Å². The van der Waals surface area contributed by atoms with Crippen LogP contribution in [0.2, 0.25) is 0 Å². The van der Waals surface area contributed by atoms with Crippen molar-refractivity contribution >= 4 is 41.4 Å². The fraction of sp³-hybridized carbons (Fsp3) is 0.682. The van der Waals surface area contributed by atoms with Gasteiger partial charge in [-0.2, -0.15) is 0 Å². The van der Waals surface area contributed by atoms with Crippen molar-refractivity contribution < 1.29 is 43.0 Å². The van der Waals surface area contributed by atoms with Gasteiger partial charge < -0.3 is 52.4 Å². The van der Waals surface area contributed by atoms with Crippen molar-refractivity contribution in [3.8, 4) is 0 Å². The molecular formula is C22H38N8O9. The zero-order chi connectivity index (χ0) is 28.9. The predicted molar refractivity (Wildman–Crippen MR) is 135 cm³/mol. The first kappa shape index (κ1) is 33.2. The topological polar surface area (TPSA) is 248 Å². The molecule has 1 aliphatic heterocycles. The molecule has 7 amide bonds. The number of nitrogens with one attached hydrogen (secondary N) is 7. The van der Waals surface area contributed by atoms with Crippen LogP contribution >= 0.6 is 0 Å². The van der Waals surface area contributed by atoms with Gasteiger partial charge in [-0.25, -0.2) is 0 Å². The molecular weight excluding hydrogens is 520 g/mol. The van der Waals surface area contributed by atoms with Gasteiger partial charge in [-0.05, 0) is 25.8 Å². The van der Waals surface area contributed by atoms with Gasteiger partial charge in [0.05, 0.1) is 52.5 Å². The first-order valence-electron chi connectivity index (χ1n) is 12.5. The maximum atomic E-state index is 12.6. The first-order valence-corrected chi connectivity index (χ1v) is 12.5. The predicted octanol–water partition coefficient (Wildman–Crippen LogP) is -5.66. The van der Waals surface area contributed by atoms with E-state index < -0.39 is 67.0 Å². The van der Waals surface area contributed by atoms with E-state index in [1.165, 1.54) is 0 Å². The van der Waals surface area contributed by atoms with Gasteiger partial charge in [-0.1, -0.05) is 0 Å². The van der Waals surface area contributed by atoms with Crippen LogP contribution in [0.4, 0.5) is 0 Å². The second-order valence-corrected chi connectivity index (χ2v) is 8.24. The molecule has 0 unspecified atom stereocenters. The van der Waals surface area contributed by atoms with Crippen LogP contribution in [0, 0.1) is 0 Å². The number of nitrogens with two attached hydrogens (primary N) is 1. The fourth-order valence-corrected chi connectivity index (χ4v) is 2.96. The van der Waals surface area contributed by atoms with Crippen molar-refractivity contribution in [1.82, 2.24) is 37.2 Å². The van der Waals surface area contributed by atoms with Crippen LogP contribution in [0.25, 0.3) is 0 Å². The largest absolute Gasteiger partial charge is 0.377 e. The van der Waals surface area contributed by atoms with Crippen molar-refractivity contribution in [3.05, 3.63) is 0 Å². The molecule has 0 aliphatic carbocycles. The first-order chi connectivity index (χ1) is 18.7. The number of carbonyl (C=O) groups is 7. The zero-order valence-corrected chi connectivity index (χ0v) is 21.7. The van der Waals surface area contributed by atoms with Gasteiger partial charge in [0.25, 0.3) is 0 Å². The van der Waals surface area contributed by atoms with Crippen LogP contribution in [-0.4, -0.2) is 120 Å². The number of hydrogen-bond acceptors (Lipinski definition) is 10. The van der Waals surface area contributed by atoms with E-state index in [4.69, 9.17) is 15.2 Å². The second-order valence-electron chi connectivity index (χ2n) is 8.24. The number of unbranched alkanes of at least 4 members (excludes halogenated alkanes) is 1. The summed E-state index contributed by atoms with van der Waals surface area (Å²) in [5.74, 6) is -4.24. The van der Waals surface area contributed by atoms with Crippen LogP contribution < -0.4 is 43.0 Å². The molecule has 9 N–H and O–H groups in total. The van der Waals surface area contributed by atoms with Gasteiger partial charge in [0.2, 0.25) is 41.4 Å². The molecule has 1 aliphatic rings. The lowest BCUT2D eigenvalue weighted by Gasteiger charge is -2.18. The molecule has 17 nitrogen and oxygen atoms in total. The Hall–Kier alpha value is -3.83. The number of carbonyl (C=O) groups excluding carboxylic acids is 7. The molecule has 0 spiro atoms. The van der Waals surface area contributed by atoms with Crippen molar-refractivity contribution in [1.29, 1.82) is 0 Å². The normalized spacial score (nSPS) is 21.2. The molecule has 1 rings (SSSR count). The van der Waals surface area contributed by atoms with E-state index in [0.717, 1.165) is 0 Å². The summed E-state index contributed by atoms with van der Waals surface area (Å²) in [6, 6.07) is -0.994. The molecule has 0 aromatic heterocycles. The Kier molecular flexibility index (Phi) is 17.2. The average Bonchev–Trinajstić information content (AvgIpc) is 2.91. The van der Waals surface area contributed by atoms with Crippen LogP contribution in [0.15, 0.2) is 0 Å². The van der Waals surface area contributed by atoms with E-state index in [1.807, 2.05) is 0 Å². The van der Waals surface area contributed by atoms with Crippen molar-refractivity contribution in [2.24, 2.45) is 5.73 Å². The molecule has 0 aromatic carbocycles. The minimum Gasteiger partial charge on any atom is -0.377 e. The molecule has 1 heterocycles. The van der Waals surface area contributed by atoms with Gasteiger partial charge in [-0.15, -0.1) is 0 Å². The maximum absolute atomic E-state index is 12.6. The monoisotopic (exact) mass is 558 g/mol. The quantitative estimate of drug-likeness (QED) is 0.152. The van der Waals surface area contributed by atoms with Gasteiger partial charge >= 0.3 is 0 Å². The summed E-state index contributed by atoms with van der Waals surface area (Å²) in [6.45, 7) is -1.39. The summed E-state index contributed by atoms with van der Waals surface area (Å²) in [6.07, 6.45) is 1.36. The second kappa shape index (κ2) is 20.2. The van der Waals surface area contributed by atoms with E-state index in [0.29, 0.717) is 19.4 Å². The lowest BCUT2D eigenvalue weighted by Crippen LogP contribution is -2.52. The Bertz CT molecular complexity index is 855. The van der Waals surface area contributed by atoms with E-state index in [-0.39, 0.29) is 52.5 Å². The highest BCUT2D eigenvalue weighted by Crippen LogP contribution is 2.01. The Labute approximate surface area is 225 Å². The summed E-state index contributed by atoms with van der Waals surface area (Å²) >= 11 is 0. The number of hydrogen-bond donors (Lipinski definition) is 8. The van der Waals surface area contributed by atoms with Gasteiger partial charge in [0.15, 0.2) is 0 Å². The highest BCUT2D eigenvalue weighted by molar-refractivity contribution is 5.93. The maximum Gasteiger partial charge on any atom is 0.246 e. The zero-order valence-electron chi connectivity index (χ0n) is 21.7. The van der Waals surface area contributed by atoms with E-state index >= 15 is 0 Å². The fourth-order valence-electron chi connectivity index (χ4n) is 2.96. The number of amides is 7. The molecule has 220 valence electrons. The van der Waals surface area contributed by atoms with Crippen LogP contribution in [0.1, 0.15) is 19.3 Å². The smallest absolute Gasteiger partial charge is 0.246 e. The van der Waals surface area contributed by atoms with E-state index in [9.17, 15) is 33.6 Å². The lowest BCUT2D eigenvalue weighted by atomic mass is 10.1. The minimum absolute atomic E-state index is 0.0942. The Morgan fingerprint density at radius 2 is 1.10 bits per heavy atom. The van der Waals surface area contributed by atoms with E-state index in [2.05, 4.69) is 37.2 Å². The Morgan fingerprint density at radius 3 is 1.72 bits per heavy atom. The van der Waals surface area contributed by atoms with Crippen molar-refractivity contribution in [3.63, 3.8) is 0 Å². The Balaban J connectivity index is 2.69. The molecule has 0 radical (unpaired) electrons. The summed E-state index contributed by atoms with van der Waals surface area (Å²) in [4.78, 5) is 84.2. The molecule has 1 saturated heterocycles. The number of ether oxygens (including phenoxy) is 2. The third kappa shape index (κ3) is 17.3. The molecule has 1 atom stereocenters. The SMILES string of the molecule is NCCCC[C@@H]1NC(=O)CNC(=O)CNC(=O)CNC(=O)COCCOCCNC(=O)CNC(=O)CNC1=O. The van der Waals surface area contributed by atoms with Gasteiger partial charge in [-0.3, -0.25) is 33.6 Å². The summed E-state index contributed by atoms with van der Waals surface area (Å²) in [5.41, 5.74) is 5.48. The standard InChI is InChI=1S/C22H38N8O9/c23-4-2-1-3-15-22(37)29-12-19(34)25-9-16(31)24-5-6-38-7-8-39-14-21(36)28-11-18(33)26-10-17(32)27-13-20(35)30-15/h15H,1-14,23H2,(H,24,31)(H,25,34)(H,26,33)(H,27,32)(H,28,36)(H,29,37)(H,30,35)/t15-/m0/s1. The average molecular weight is 559 g/mol. The Morgan fingerprint density at radius 1 is 0.590 bits per heavy atom. The molecule has 0 bridgehead atoms. The van der Waals surface area contributed by atoms with Crippen molar-refractivity contribution in [2.45, 2.75) is 25.3 Å². The molecule has 39 heavy (non-hydrogen) atoms. The van der Waals surface area contributed by atoms with E-state index in [1.54, 1.807) is 0 Å². The number of rotatable bonds is 4. The third-order valence-corrected chi connectivity index (χ3v) is 4.98. The highest BCUT2D eigenvalue weighted by Gasteiger charge is 2.21. The summed E-state index contributed by atoms with van der Waals surface area (Å²) < 4.78 is 10.4. The molecule has 17 heteroatoms. The molecule has 1 fully saturated rings. The lowest BCUT2D eigenvalue weighted by molar-refractivity contribution is -0.131. The van der Waals surface area contributed by atoms with Crippen LogP contribution in [0.3, 0.4) is 0 Å². The minimum atomic E-state index is -0.994. The highest BCUT2D eigenvalue weighted by atomic mass is 16.5. The summed E-state index contributed by atoms with van der Waals surface area (Å²) in [5, 5.41) is 16.7.